The van der Waals surface area contributed by atoms with E-state index in [0.29, 0.717) is 10.9 Å². The molecule has 0 heterocycles. The zero-order chi connectivity index (χ0) is 14.8. The van der Waals surface area contributed by atoms with Gasteiger partial charge in [0.2, 0.25) is 5.91 Å². The van der Waals surface area contributed by atoms with Gasteiger partial charge in [0.1, 0.15) is 0 Å². The van der Waals surface area contributed by atoms with Crippen LogP contribution in [0.1, 0.15) is 71.6 Å². The van der Waals surface area contributed by atoms with Gasteiger partial charge in [-0.2, -0.15) is 0 Å². The standard InChI is InChI=1S/C16H28N2OS/c1-12(2)11-15(7-3-4-8-15)14(19)18-16(13(17)20)9-5-6-10-16/h12H,3-11H2,1-2H3,(H2,17,20)(H,18,19). The van der Waals surface area contributed by atoms with Gasteiger partial charge in [0.15, 0.2) is 0 Å². The third-order valence-corrected chi connectivity index (χ3v) is 5.51. The predicted octanol–water partition coefficient (Wildman–Crippen LogP) is 3.31. The van der Waals surface area contributed by atoms with Gasteiger partial charge in [0.25, 0.3) is 0 Å². The van der Waals surface area contributed by atoms with Crippen LogP contribution in [0, 0.1) is 11.3 Å². The molecule has 2 fully saturated rings. The number of amides is 1. The van der Waals surface area contributed by atoms with Gasteiger partial charge in [0, 0.05) is 5.41 Å². The smallest absolute Gasteiger partial charge is 0.227 e. The van der Waals surface area contributed by atoms with E-state index in [0.717, 1.165) is 44.9 Å². The lowest BCUT2D eigenvalue weighted by Crippen LogP contribution is -2.58. The number of nitrogens with one attached hydrogen (secondary N) is 1. The fourth-order valence-corrected chi connectivity index (χ4v) is 4.37. The van der Waals surface area contributed by atoms with E-state index >= 15 is 0 Å². The second-order valence-corrected chi connectivity index (χ2v) is 7.63. The van der Waals surface area contributed by atoms with Crippen molar-refractivity contribution in [2.75, 3.05) is 0 Å². The number of hydrogen-bond donors (Lipinski definition) is 2. The van der Waals surface area contributed by atoms with E-state index in [-0.39, 0.29) is 11.3 Å². The average molecular weight is 296 g/mol. The number of nitrogens with two attached hydrogens (primary N) is 1. The number of hydrogen-bond acceptors (Lipinski definition) is 2. The predicted molar refractivity (Wildman–Crippen MR) is 86.5 cm³/mol. The first-order valence-corrected chi connectivity index (χ1v) is 8.44. The maximum Gasteiger partial charge on any atom is 0.227 e. The lowest BCUT2D eigenvalue weighted by atomic mass is 9.77. The van der Waals surface area contributed by atoms with Crippen LogP contribution in [0.25, 0.3) is 0 Å². The highest BCUT2D eigenvalue weighted by Crippen LogP contribution is 2.44. The van der Waals surface area contributed by atoms with Crippen molar-refractivity contribution in [2.45, 2.75) is 77.2 Å². The van der Waals surface area contributed by atoms with E-state index in [1.54, 1.807) is 0 Å². The molecule has 3 N–H and O–H groups in total. The zero-order valence-electron chi connectivity index (χ0n) is 12.8. The minimum Gasteiger partial charge on any atom is -0.391 e. The maximum atomic E-state index is 12.9. The second kappa shape index (κ2) is 6.00. The minimum atomic E-state index is -0.404. The van der Waals surface area contributed by atoms with Gasteiger partial charge < -0.3 is 11.1 Å². The van der Waals surface area contributed by atoms with Crippen LogP contribution in [0.3, 0.4) is 0 Å². The van der Waals surface area contributed by atoms with Crippen LogP contribution in [0.15, 0.2) is 0 Å². The number of carbonyl (C=O) groups excluding carboxylic acids is 1. The molecule has 1 amide bonds. The molecule has 0 aliphatic heterocycles. The van der Waals surface area contributed by atoms with Gasteiger partial charge in [0.05, 0.1) is 10.5 Å². The SMILES string of the molecule is CC(C)CC1(C(=O)NC2(C(N)=S)CCCC2)CCCC1. The topological polar surface area (TPSA) is 55.1 Å². The summed E-state index contributed by atoms with van der Waals surface area (Å²) in [5.74, 6) is 0.751. The molecule has 0 bridgehead atoms. The quantitative estimate of drug-likeness (QED) is 0.765. The minimum absolute atomic E-state index is 0.172. The summed E-state index contributed by atoms with van der Waals surface area (Å²) in [4.78, 5) is 13.4. The third-order valence-electron chi connectivity index (χ3n) is 5.12. The average Bonchev–Trinajstić information content (AvgIpc) is 2.98. The van der Waals surface area contributed by atoms with Gasteiger partial charge in [-0.25, -0.2) is 0 Å². The van der Waals surface area contributed by atoms with Crippen LogP contribution in [-0.2, 0) is 4.79 Å². The van der Waals surface area contributed by atoms with Crippen LogP contribution >= 0.6 is 12.2 Å². The lowest BCUT2D eigenvalue weighted by Gasteiger charge is -2.36. The molecule has 0 saturated heterocycles. The van der Waals surface area contributed by atoms with E-state index in [2.05, 4.69) is 19.2 Å². The Kier molecular flexibility index (Phi) is 4.73. The summed E-state index contributed by atoms with van der Waals surface area (Å²) in [5.41, 5.74) is 5.36. The van der Waals surface area contributed by atoms with Crippen molar-refractivity contribution in [3.63, 3.8) is 0 Å². The Hall–Kier alpha value is -0.640. The van der Waals surface area contributed by atoms with Crippen molar-refractivity contribution in [1.82, 2.24) is 5.32 Å². The Labute approximate surface area is 128 Å². The molecule has 3 nitrogen and oxygen atoms in total. The molecule has 0 aromatic carbocycles. The summed E-state index contributed by atoms with van der Waals surface area (Å²) < 4.78 is 0. The zero-order valence-corrected chi connectivity index (χ0v) is 13.7. The molecule has 0 aromatic heterocycles. The normalized spacial score (nSPS) is 23.9. The van der Waals surface area contributed by atoms with Crippen molar-refractivity contribution >= 4 is 23.1 Å². The monoisotopic (exact) mass is 296 g/mol. The van der Waals surface area contributed by atoms with Crippen LogP contribution < -0.4 is 11.1 Å². The molecule has 0 aromatic rings. The molecule has 2 rings (SSSR count). The largest absolute Gasteiger partial charge is 0.391 e. The fraction of sp³-hybridized carbons (Fsp3) is 0.875. The Morgan fingerprint density at radius 1 is 1.15 bits per heavy atom. The summed E-state index contributed by atoms with van der Waals surface area (Å²) in [6, 6.07) is 0. The van der Waals surface area contributed by atoms with Crippen LogP contribution in [0.4, 0.5) is 0 Å². The van der Waals surface area contributed by atoms with Crippen LogP contribution in [0.5, 0.6) is 0 Å². The fourth-order valence-electron chi connectivity index (χ4n) is 4.12. The molecule has 2 saturated carbocycles. The summed E-state index contributed by atoms with van der Waals surface area (Å²) in [6.07, 6.45) is 9.38. The Balaban J connectivity index is 2.14. The first kappa shape index (κ1) is 15.7. The highest BCUT2D eigenvalue weighted by atomic mass is 32.1. The second-order valence-electron chi connectivity index (χ2n) is 7.19. The van der Waals surface area contributed by atoms with E-state index in [1.807, 2.05) is 0 Å². The molecule has 2 aliphatic carbocycles. The Morgan fingerprint density at radius 3 is 2.10 bits per heavy atom. The summed E-state index contributed by atoms with van der Waals surface area (Å²) >= 11 is 5.25. The number of thiocarbonyl (C=S) groups is 1. The highest BCUT2D eigenvalue weighted by Gasteiger charge is 2.46. The van der Waals surface area contributed by atoms with E-state index in [1.165, 1.54) is 12.8 Å². The van der Waals surface area contributed by atoms with Gasteiger partial charge in [-0.3, -0.25) is 4.79 Å². The molecule has 0 spiro atoms. The Morgan fingerprint density at radius 2 is 1.65 bits per heavy atom. The lowest BCUT2D eigenvalue weighted by molar-refractivity contribution is -0.133. The van der Waals surface area contributed by atoms with Gasteiger partial charge >= 0.3 is 0 Å². The molecule has 4 heteroatoms. The first-order chi connectivity index (χ1) is 9.40. The summed E-state index contributed by atoms with van der Waals surface area (Å²) in [6.45, 7) is 4.40. The van der Waals surface area contributed by atoms with Crippen molar-refractivity contribution in [1.29, 1.82) is 0 Å². The van der Waals surface area contributed by atoms with Crippen molar-refractivity contribution in [3.05, 3.63) is 0 Å². The van der Waals surface area contributed by atoms with Crippen molar-refractivity contribution in [2.24, 2.45) is 17.1 Å². The van der Waals surface area contributed by atoms with Crippen molar-refractivity contribution in [3.8, 4) is 0 Å². The summed E-state index contributed by atoms with van der Waals surface area (Å²) in [5, 5.41) is 3.27. The molecule has 0 unspecified atom stereocenters. The summed E-state index contributed by atoms with van der Waals surface area (Å²) in [7, 11) is 0. The van der Waals surface area contributed by atoms with Gasteiger partial charge in [-0.05, 0) is 38.0 Å². The first-order valence-electron chi connectivity index (χ1n) is 8.03. The molecular weight excluding hydrogens is 268 g/mol. The highest BCUT2D eigenvalue weighted by molar-refractivity contribution is 7.80. The molecule has 0 atom stereocenters. The van der Waals surface area contributed by atoms with E-state index in [9.17, 15) is 4.79 Å². The van der Waals surface area contributed by atoms with E-state index < -0.39 is 5.54 Å². The molecule has 2 aliphatic rings. The molecular formula is C16H28N2OS. The van der Waals surface area contributed by atoms with Crippen molar-refractivity contribution < 1.29 is 4.79 Å². The van der Waals surface area contributed by atoms with E-state index in [4.69, 9.17) is 18.0 Å². The Bertz CT molecular complexity index is 380. The molecule has 114 valence electrons. The molecule has 0 radical (unpaired) electrons. The number of carbonyl (C=O) groups is 1. The number of rotatable bonds is 5. The van der Waals surface area contributed by atoms with Gasteiger partial charge in [-0.1, -0.05) is 51.7 Å². The van der Waals surface area contributed by atoms with Gasteiger partial charge in [-0.15, -0.1) is 0 Å². The van der Waals surface area contributed by atoms with Crippen LogP contribution in [-0.4, -0.2) is 16.4 Å². The van der Waals surface area contributed by atoms with Crippen LogP contribution in [0.2, 0.25) is 0 Å². The third kappa shape index (κ3) is 3.00. The molecule has 20 heavy (non-hydrogen) atoms. The maximum absolute atomic E-state index is 12.9.